The van der Waals surface area contributed by atoms with E-state index in [9.17, 15) is 14.0 Å². The number of anilines is 1. The summed E-state index contributed by atoms with van der Waals surface area (Å²) in [4.78, 5) is 22.7. The molecule has 0 fully saturated rings. The van der Waals surface area contributed by atoms with E-state index >= 15 is 0 Å². The molecule has 6 heteroatoms. The van der Waals surface area contributed by atoms with E-state index in [1.54, 1.807) is 12.1 Å². The van der Waals surface area contributed by atoms with Gasteiger partial charge in [-0.3, -0.25) is 14.9 Å². The molecule has 21 heavy (non-hydrogen) atoms. The van der Waals surface area contributed by atoms with Crippen molar-refractivity contribution in [2.75, 3.05) is 11.9 Å². The smallest absolute Gasteiger partial charge is 0.287 e. The van der Waals surface area contributed by atoms with Gasteiger partial charge in [0.2, 0.25) is 5.91 Å². The monoisotopic (exact) mass is 290 g/mol. The molecule has 0 aliphatic carbocycles. The van der Waals surface area contributed by atoms with Crippen molar-refractivity contribution in [1.82, 2.24) is 5.32 Å². The van der Waals surface area contributed by atoms with Crippen LogP contribution in [0, 0.1) is 5.82 Å². The summed E-state index contributed by atoms with van der Waals surface area (Å²) >= 11 is 0. The van der Waals surface area contributed by atoms with E-state index in [4.69, 9.17) is 4.42 Å². The summed E-state index contributed by atoms with van der Waals surface area (Å²) in [6, 6.07) is 9.09. The molecule has 2 aromatic rings. The van der Waals surface area contributed by atoms with Crippen LogP contribution in [-0.2, 0) is 11.2 Å². The van der Waals surface area contributed by atoms with Crippen LogP contribution in [0.2, 0.25) is 0 Å². The molecular formula is C15H15FN2O3. The van der Waals surface area contributed by atoms with Crippen molar-refractivity contribution in [3.8, 4) is 0 Å². The van der Waals surface area contributed by atoms with Crippen LogP contribution in [0.25, 0.3) is 0 Å². The number of nitrogens with one attached hydrogen (secondary N) is 2. The Hall–Kier alpha value is -2.63. The zero-order chi connectivity index (χ0) is 15.2. The first-order valence-corrected chi connectivity index (χ1v) is 6.44. The van der Waals surface area contributed by atoms with Crippen LogP contribution in [0.1, 0.15) is 23.0 Å². The first-order chi connectivity index (χ1) is 10.0. The number of amides is 2. The van der Waals surface area contributed by atoms with Crippen molar-refractivity contribution in [1.29, 1.82) is 0 Å². The van der Waals surface area contributed by atoms with E-state index in [2.05, 4.69) is 10.6 Å². The highest BCUT2D eigenvalue weighted by atomic mass is 19.1. The predicted octanol–water partition coefficient (Wildman–Crippen LogP) is 2.35. The second-order valence-corrected chi connectivity index (χ2v) is 4.48. The van der Waals surface area contributed by atoms with Gasteiger partial charge >= 0.3 is 0 Å². The molecule has 0 spiro atoms. The van der Waals surface area contributed by atoms with Crippen LogP contribution in [0.5, 0.6) is 0 Å². The van der Waals surface area contributed by atoms with Crippen molar-refractivity contribution < 1.29 is 18.4 Å². The van der Waals surface area contributed by atoms with Gasteiger partial charge in [-0.15, -0.1) is 0 Å². The Morgan fingerprint density at radius 3 is 2.52 bits per heavy atom. The first kappa shape index (κ1) is 14.8. The molecule has 1 aromatic carbocycles. The first-order valence-electron chi connectivity index (χ1n) is 6.44. The highest BCUT2D eigenvalue weighted by molar-refractivity contribution is 5.93. The zero-order valence-electron chi connectivity index (χ0n) is 11.5. The van der Waals surface area contributed by atoms with E-state index in [0.29, 0.717) is 13.0 Å². The summed E-state index contributed by atoms with van der Waals surface area (Å²) < 4.78 is 17.9. The van der Waals surface area contributed by atoms with Crippen LogP contribution < -0.4 is 10.6 Å². The fourth-order valence-electron chi connectivity index (χ4n) is 1.76. The average Bonchev–Trinajstić information content (AvgIpc) is 2.88. The molecule has 0 saturated carbocycles. The quantitative estimate of drug-likeness (QED) is 0.888. The Morgan fingerprint density at radius 1 is 1.14 bits per heavy atom. The fourth-order valence-corrected chi connectivity index (χ4v) is 1.76. The average molecular weight is 290 g/mol. The third-order valence-electron chi connectivity index (χ3n) is 2.74. The van der Waals surface area contributed by atoms with Crippen LogP contribution in [0.15, 0.2) is 40.8 Å². The van der Waals surface area contributed by atoms with Crippen molar-refractivity contribution in [2.24, 2.45) is 0 Å². The number of carbonyl (C=O) groups is 2. The minimum Gasteiger partial charge on any atom is -0.435 e. The Kier molecular flexibility index (Phi) is 4.71. The molecular weight excluding hydrogens is 275 g/mol. The summed E-state index contributed by atoms with van der Waals surface area (Å²) in [6.07, 6.45) is 0.589. The Morgan fingerprint density at radius 2 is 1.86 bits per heavy atom. The normalized spacial score (nSPS) is 10.2. The second kappa shape index (κ2) is 6.69. The molecule has 2 amide bonds. The third kappa shape index (κ3) is 4.45. The molecule has 2 N–H and O–H groups in total. The number of hydrogen-bond donors (Lipinski definition) is 2. The lowest BCUT2D eigenvalue weighted by Gasteiger charge is -2.03. The number of benzene rings is 1. The molecule has 0 aliphatic heterocycles. The zero-order valence-corrected chi connectivity index (χ0v) is 11.5. The molecule has 0 unspecified atom stereocenters. The van der Waals surface area contributed by atoms with Crippen molar-refractivity contribution in [2.45, 2.75) is 13.3 Å². The molecule has 110 valence electrons. The summed E-state index contributed by atoms with van der Waals surface area (Å²) in [5.41, 5.74) is 0.926. The molecule has 5 nitrogen and oxygen atoms in total. The predicted molar refractivity (Wildman–Crippen MR) is 75.4 cm³/mol. The number of rotatable bonds is 5. The number of halogens is 1. The van der Waals surface area contributed by atoms with Crippen LogP contribution >= 0.6 is 0 Å². The fraction of sp³-hybridized carbons (Fsp3) is 0.200. The molecule has 1 heterocycles. The maximum absolute atomic E-state index is 12.7. The number of hydrogen-bond acceptors (Lipinski definition) is 3. The second-order valence-electron chi connectivity index (χ2n) is 4.48. The largest absolute Gasteiger partial charge is 0.435 e. The van der Waals surface area contributed by atoms with Gasteiger partial charge in [-0.2, -0.15) is 0 Å². The van der Waals surface area contributed by atoms with Crippen LogP contribution in [-0.4, -0.2) is 18.4 Å². The number of furan rings is 1. The maximum atomic E-state index is 12.7. The Balaban J connectivity index is 1.82. The van der Waals surface area contributed by atoms with Gasteiger partial charge in [0.05, 0.1) is 0 Å². The van der Waals surface area contributed by atoms with E-state index in [1.807, 2.05) is 0 Å². The van der Waals surface area contributed by atoms with Gasteiger partial charge in [-0.25, -0.2) is 4.39 Å². The molecule has 0 aliphatic rings. The number of carbonyl (C=O) groups excluding carboxylic acids is 2. The van der Waals surface area contributed by atoms with Crippen LogP contribution in [0.3, 0.4) is 0 Å². The molecule has 0 radical (unpaired) electrons. The van der Waals surface area contributed by atoms with Gasteiger partial charge < -0.3 is 9.73 Å². The third-order valence-corrected chi connectivity index (χ3v) is 2.74. The van der Waals surface area contributed by atoms with Crippen molar-refractivity contribution in [3.05, 3.63) is 53.5 Å². The SMILES string of the molecule is CC(=O)Nc1ccc(C(=O)NCCc2ccc(F)cc2)o1. The standard InChI is InChI=1S/C15H15FN2O3/c1-10(19)18-14-7-6-13(21-14)15(20)17-9-8-11-2-4-12(16)5-3-11/h2-7H,8-9H2,1H3,(H,17,20)(H,18,19). The molecule has 0 saturated heterocycles. The van der Waals surface area contributed by atoms with Crippen molar-refractivity contribution in [3.63, 3.8) is 0 Å². The highest BCUT2D eigenvalue weighted by Gasteiger charge is 2.11. The van der Waals surface area contributed by atoms with E-state index < -0.39 is 0 Å². The lowest BCUT2D eigenvalue weighted by Crippen LogP contribution is -2.25. The minimum absolute atomic E-state index is 0.123. The van der Waals surface area contributed by atoms with Crippen molar-refractivity contribution >= 4 is 17.7 Å². The van der Waals surface area contributed by atoms with Gasteiger partial charge in [-0.05, 0) is 30.2 Å². The Bertz CT molecular complexity index is 635. The molecule has 0 bridgehead atoms. The highest BCUT2D eigenvalue weighted by Crippen LogP contribution is 2.13. The lowest BCUT2D eigenvalue weighted by molar-refractivity contribution is -0.114. The summed E-state index contributed by atoms with van der Waals surface area (Å²) in [6.45, 7) is 1.76. The van der Waals surface area contributed by atoms with Gasteiger partial charge in [0.25, 0.3) is 5.91 Å². The Labute approximate surface area is 121 Å². The summed E-state index contributed by atoms with van der Waals surface area (Å²) in [5.74, 6) is -0.575. The van der Waals surface area contributed by atoms with Gasteiger partial charge in [0.15, 0.2) is 11.6 Å². The van der Waals surface area contributed by atoms with Crippen LogP contribution in [0.4, 0.5) is 10.3 Å². The van der Waals surface area contributed by atoms with Gasteiger partial charge in [0.1, 0.15) is 5.82 Å². The maximum Gasteiger partial charge on any atom is 0.287 e. The van der Waals surface area contributed by atoms with E-state index in [0.717, 1.165) is 5.56 Å². The van der Waals surface area contributed by atoms with E-state index in [1.165, 1.54) is 31.2 Å². The summed E-state index contributed by atoms with van der Waals surface area (Å²) in [7, 11) is 0. The lowest BCUT2D eigenvalue weighted by atomic mass is 10.1. The van der Waals surface area contributed by atoms with Gasteiger partial charge in [0, 0.05) is 19.5 Å². The van der Waals surface area contributed by atoms with Gasteiger partial charge in [-0.1, -0.05) is 12.1 Å². The molecule has 0 atom stereocenters. The topological polar surface area (TPSA) is 71.3 Å². The minimum atomic E-state index is -0.367. The summed E-state index contributed by atoms with van der Waals surface area (Å²) in [5, 5.41) is 5.14. The molecule has 1 aromatic heterocycles. The van der Waals surface area contributed by atoms with E-state index in [-0.39, 0.29) is 29.3 Å². The molecule has 2 rings (SSSR count).